The van der Waals surface area contributed by atoms with Gasteiger partial charge in [0.2, 0.25) is 0 Å². The summed E-state index contributed by atoms with van der Waals surface area (Å²) < 4.78 is 6.47. The number of hydrogen-bond acceptors (Lipinski definition) is 2. The van der Waals surface area contributed by atoms with E-state index in [1.165, 1.54) is 18.4 Å². The van der Waals surface area contributed by atoms with E-state index in [0.29, 0.717) is 0 Å². The van der Waals surface area contributed by atoms with E-state index >= 15 is 0 Å². The van der Waals surface area contributed by atoms with Crippen molar-refractivity contribution in [2.45, 2.75) is 18.4 Å². The third-order valence-electron chi connectivity index (χ3n) is 3.77. The van der Waals surface area contributed by atoms with E-state index < -0.39 is 0 Å². The van der Waals surface area contributed by atoms with Crippen molar-refractivity contribution in [2.75, 3.05) is 26.3 Å². The molecule has 1 saturated carbocycles. The van der Waals surface area contributed by atoms with Gasteiger partial charge in [0.15, 0.2) is 0 Å². The number of halogens is 2. The van der Waals surface area contributed by atoms with Crippen molar-refractivity contribution in [1.82, 2.24) is 4.90 Å². The van der Waals surface area contributed by atoms with Gasteiger partial charge in [-0.15, -0.1) is 0 Å². The molecule has 1 heterocycles. The van der Waals surface area contributed by atoms with E-state index in [2.05, 4.69) is 33.0 Å². The van der Waals surface area contributed by atoms with E-state index in [-0.39, 0.29) is 5.54 Å². The van der Waals surface area contributed by atoms with Crippen LogP contribution in [-0.2, 0) is 10.3 Å². The fourth-order valence-electron chi connectivity index (χ4n) is 2.73. The van der Waals surface area contributed by atoms with Gasteiger partial charge in [-0.1, -0.05) is 33.6 Å². The van der Waals surface area contributed by atoms with Crippen molar-refractivity contribution in [2.24, 2.45) is 0 Å². The first-order valence-corrected chi connectivity index (χ1v) is 7.18. The van der Waals surface area contributed by atoms with Crippen LogP contribution in [0.2, 0.25) is 5.02 Å². The minimum absolute atomic E-state index is 0.196. The molecule has 0 bridgehead atoms. The summed E-state index contributed by atoms with van der Waals surface area (Å²) in [5, 5.41) is 0.878. The van der Waals surface area contributed by atoms with Crippen molar-refractivity contribution < 1.29 is 4.74 Å². The molecule has 0 aromatic heterocycles. The lowest BCUT2D eigenvalue weighted by Crippen LogP contribution is -2.43. The van der Waals surface area contributed by atoms with Gasteiger partial charge < -0.3 is 4.74 Å². The van der Waals surface area contributed by atoms with Crippen LogP contribution in [0.4, 0.5) is 0 Å². The molecule has 0 spiro atoms. The number of rotatable bonds is 2. The summed E-state index contributed by atoms with van der Waals surface area (Å²) in [5.74, 6) is 0. The van der Waals surface area contributed by atoms with Crippen molar-refractivity contribution in [1.29, 1.82) is 0 Å². The summed E-state index contributed by atoms with van der Waals surface area (Å²) in [6.45, 7) is 3.73. The third kappa shape index (κ3) is 2.14. The first-order chi connectivity index (χ1) is 8.22. The molecule has 1 aromatic carbocycles. The van der Waals surface area contributed by atoms with Crippen molar-refractivity contribution in [3.05, 3.63) is 33.3 Å². The van der Waals surface area contributed by atoms with Gasteiger partial charge in [0.1, 0.15) is 0 Å². The first kappa shape index (κ1) is 12.0. The minimum Gasteiger partial charge on any atom is -0.379 e. The van der Waals surface area contributed by atoms with Gasteiger partial charge in [0.25, 0.3) is 0 Å². The van der Waals surface area contributed by atoms with Crippen LogP contribution < -0.4 is 0 Å². The van der Waals surface area contributed by atoms with E-state index in [1.807, 2.05) is 6.07 Å². The van der Waals surface area contributed by atoms with Crippen LogP contribution in [0.15, 0.2) is 22.7 Å². The highest BCUT2D eigenvalue weighted by Gasteiger charge is 2.50. The molecule has 0 N–H and O–H groups in total. The Kier molecular flexibility index (Phi) is 3.20. The Bertz CT molecular complexity index is 427. The van der Waals surface area contributed by atoms with Crippen LogP contribution in [0.1, 0.15) is 18.4 Å². The number of morpholine rings is 1. The van der Waals surface area contributed by atoms with Crippen LogP contribution in [0.25, 0.3) is 0 Å². The first-order valence-electron chi connectivity index (χ1n) is 6.01. The third-order valence-corrected chi connectivity index (χ3v) is 4.58. The molecule has 0 unspecified atom stereocenters. The molecule has 0 atom stereocenters. The van der Waals surface area contributed by atoms with Crippen molar-refractivity contribution >= 4 is 27.5 Å². The molecule has 1 aliphatic carbocycles. The average Bonchev–Trinajstić information content (AvgIpc) is 3.11. The quantitative estimate of drug-likeness (QED) is 0.829. The van der Waals surface area contributed by atoms with E-state index in [9.17, 15) is 0 Å². The second-order valence-electron chi connectivity index (χ2n) is 4.76. The summed E-state index contributed by atoms with van der Waals surface area (Å²) in [6.07, 6.45) is 2.43. The Morgan fingerprint density at radius 1 is 1.24 bits per heavy atom. The number of benzene rings is 1. The minimum atomic E-state index is 0.196. The van der Waals surface area contributed by atoms with Crippen LogP contribution in [0.3, 0.4) is 0 Å². The van der Waals surface area contributed by atoms with Gasteiger partial charge in [-0.25, -0.2) is 0 Å². The SMILES string of the molecule is Clc1cc(Br)ccc1C1(N2CCOCC2)CC1. The zero-order valence-corrected chi connectivity index (χ0v) is 11.9. The van der Waals surface area contributed by atoms with E-state index in [1.54, 1.807) is 0 Å². The summed E-state index contributed by atoms with van der Waals surface area (Å²) >= 11 is 9.85. The largest absolute Gasteiger partial charge is 0.379 e. The zero-order chi connectivity index (χ0) is 11.9. The standard InChI is InChI=1S/C13H15BrClNO/c14-10-1-2-11(12(15)9-10)13(3-4-13)16-5-7-17-8-6-16/h1-2,9H,3-8H2. The fraction of sp³-hybridized carbons (Fsp3) is 0.538. The lowest BCUT2D eigenvalue weighted by atomic mass is 10.0. The Hall–Kier alpha value is -0.0900. The van der Waals surface area contributed by atoms with Crippen LogP contribution >= 0.6 is 27.5 Å². The molecule has 0 radical (unpaired) electrons. The monoisotopic (exact) mass is 315 g/mol. The normalized spacial score (nSPS) is 23.6. The highest BCUT2D eigenvalue weighted by molar-refractivity contribution is 9.10. The molecular weight excluding hydrogens is 302 g/mol. The number of hydrogen-bond donors (Lipinski definition) is 0. The molecule has 92 valence electrons. The smallest absolute Gasteiger partial charge is 0.0594 e. The van der Waals surface area contributed by atoms with Gasteiger partial charge in [-0.3, -0.25) is 4.90 Å². The van der Waals surface area contributed by atoms with Gasteiger partial charge in [-0.05, 0) is 30.5 Å². The molecule has 1 aliphatic heterocycles. The number of nitrogens with zero attached hydrogens (tertiary/aromatic N) is 1. The Morgan fingerprint density at radius 2 is 1.94 bits per heavy atom. The van der Waals surface area contributed by atoms with Gasteiger partial charge in [-0.2, -0.15) is 0 Å². The predicted octanol–water partition coefficient (Wildman–Crippen LogP) is 3.42. The highest BCUT2D eigenvalue weighted by atomic mass is 79.9. The Morgan fingerprint density at radius 3 is 2.53 bits per heavy atom. The van der Waals surface area contributed by atoms with Crippen LogP contribution in [0.5, 0.6) is 0 Å². The molecule has 1 saturated heterocycles. The summed E-state index contributed by atoms with van der Waals surface area (Å²) in [4.78, 5) is 2.53. The van der Waals surface area contributed by atoms with E-state index in [0.717, 1.165) is 35.8 Å². The molecule has 4 heteroatoms. The molecular formula is C13H15BrClNO. The van der Waals surface area contributed by atoms with E-state index in [4.69, 9.17) is 16.3 Å². The number of ether oxygens (including phenoxy) is 1. The lowest BCUT2D eigenvalue weighted by Gasteiger charge is -2.35. The maximum absolute atomic E-state index is 6.39. The maximum Gasteiger partial charge on any atom is 0.0594 e. The van der Waals surface area contributed by atoms with Gasteiger partial charge in [0, 0.05) is 28.1 Å². The zero-order valence-electron chi connectivity index (χ0n) is 9.59. The Labute approximate surface area is 115 Å². The molecule has 2 aliphatic rings. The van der Waals surface area contributed by atoms with Crippen LogP contribution in [-0.4, -0.2) is 31.2 Å². The summed E-state index contributed by atoms with van der Waals surface area (Å²) in [6, 6.07) is 6.24. The molecule has 0 amide bonds. The second kappa shape index (κ2) is 4.54. The molecule has 17 heavy (non-hydrogen) atoms. The molecule has 1 aromatic rings. The summed E-state index contributed by atoms with van der Waals surface area (Å²) in [7, 11) is 0. The Balaban J connectivity index is 1.91. The average molecular weight is 317 g/mol. The fourth-order valence-corrected chi connectivity index (χ4v) is 3.58. The highest BCUT2D eigenvalue weighted by Crippen LogP contribution is 2.53. The second-order valence-corrected chi connectivity index (χ2v) is 6.08. The topological polar surface area (TPSA) is 12.5 Å². The van der Waals surface area contributed by atoms with Crippen LogP contribution in [0, 0.1) is 0 Å². The lowest BCUT2D eigenvalue weighted by molar-refractivity contribution is 0.00837. The predicted molar refractivity (Wildman–Crippen MR) is 72.5 cm³/mol. The van der Waals surface area contributed by atoms with Crippen molar-refractivity contribution in [3.8, 4) is 0 Å². The van der Waals surface area contributed by atoms with Crippen molar-refractivity contribution in [3.63, 3.8) is 0 Å². The van der Waals surface area contributed by atoms with Gasteiger partial charge in [0.05, 0.1) is 13.2 Å². The molecule has 2 nitrogen and oxygen atoms in total. The summed E-state index contributed by atoms with van der Waals surface area (Å²) in [5.41, 5.74) is 1.48. The maximum atomic E-state index is 6.39. The molecule has 2 fully saturated rings. The molecule has 3 rings (SSSR count). The van der Waals surface area contributed by atoms with Gasteiger partial charge >= 0.3 is 0 Å².